The van der Waals surface area contributed by atoms with E-state index in [1.807, 2.05) is 30.3 Å². The molecule has 0 aliphatic carbocycles. The molecular formula is C21H21N3O4S. The van der Waals surface area contributed by atoms with Crippen LogP contribution in [0.4, 0.5) is 0 Å². The summed E-state index contributed by atoms with van der Waals surface area (Å²) in [6.45, 7) is 1.30. The van der Waals surface area contributed by atoms with Gasteiger partial charge in [-0.15, -0.1) is 0 Å². The summed E-state index contributed by atoms with van der Waals surface area (Å²) in [5.41, 5.74) is 1.07. The zero-order chi connectivity index (χ0) is 20.4. The van der Waals surface area contributed by atoms with Crippen LogP contribution in [0.5, 0.6) is 0 Å². The van der Waals surface area contributed by atoms with Gasteiger partial charge in [0.25, 0.3) is 5.91 Å². The number of pyridine rings is 1. The molecule has 1 aromatic heterocycles. The highest BCUT2D eigenvalue weighted by Gasteiger charge is 2.27. The Bertz CT molecular complexity index is 1210. The van der Waals surface area contributed by atoms with Gasteiger partial charge in [-0.3, -0.25) is 9.59 Å². The Morgan fingerprint density at radius 2 is 1.76 bits per heavy atom. The van der Waals surface area contributed by atoms with E-state index in [0.29, 0.717) is 30.5 Å². The van der Waals surface area contributed by atoms with E-state index in [0.717, 1.165) is 18.4 Å². The topological polar surface area (TPSA) is 99.3 Å². The molecule has 1 amide bonds. The predicted octanol–water partition coefficient (Wildman–Crippen LogP) is 2.24. The summed E-state index contributed by atoms with van der Waals surface area (Å²) in [4.78, 5) is 27.6. The van der Waals surface area contributed by atoms with Crippen molar-refractivity contribution in [3.63, 3.8) is 0 Å². The molecule has 1 saturated heterocycles. The van der Waals surface area contributed by atoms with Gasteiger partial charge in [-0.25, -0.2) is 8.42 Å². The van der Waals surface area contributed by atoms with Gasteiger partial charge in [0, 0.05) is 36.6 Å². The van der Waals surface area contributed by atoms with Gasteiger partial charge in [-0.05, 0) is 36.6 Å². The number of amides is 1. The Labute approximate surface area is 168 Å². The second kappa shape index (κ2) is 7.81. The van der Waals surface area contributed by atoms with Crippen molar-refractivity contribution in [2.24, 2.45) is 0 Å². The molecule has 0 unspecified atom stereocenters. The zero-order valence-electron chi connectivity index (χ0n) is 15.7. The minimum Gasteiger partial charge on any atom is -0.348 e. The van der Waals surface area contributed by atoms with Gasteiger partial charge in [0.2, 0.25) is 15.6 Å². The number of aromatic nitrogens is 1. The first-order chi connectivity index (χ1) is 13.9. The molecule has 0 spiro atoms. The third kappa shape index (κ3) is 3.94. The molecule has 0 bridgehead atoms. The van der Waals surface area contributed by atoms with E-state index in [1.165, 1.54) is 28.6 Å². The average Bonchev–Trinajstić information content (AvgIpc) is 3.27. The molecule has 1 fully saturated rings. The van der Waals surface area contributed by atoms with Crippen LogP contribution in [0.1, 0.15) is 28.8 Å². The molecule has 3 aromatic rings. The third-order valence-electron chi connectivity index (χ3n) is 5.06. The number of sulfonamides is 1. The summed E-state index contributed by atoms with van der Waals surface area (Å²) < 4.78 is 27.2. The molecule has 0 saturated carbocycles. The number of carbonyl (C=O) groups excluding carboxylic acids is 1. The minimum atomic E-state index is -3.63. The Hall–Kier alpha value is -2.97. The second-order valence-electron chi connectivity index (χ2n) is 7.03. The number of fused-ring (bicyclic) bond motifs is 1. The van der Waals surface area contributed by atoms with Crippen molar-refractivity contribution in [1.29, 1.82) is 0 Å². The largest absolute Gasteiger partial charge is 0.348 e. The van der Waals surface area contributed by atoms with Crippen molar-refractivity contribution < 1.29 is 13.2 Å². The van der Waals surface area contributed by atoms with Crippen LogP contribution in [0.15, 0.2) is 64.3 Å². The number of H-pyrrole nitrogens is 1. The minimum absolute atomic E-state index is 0.121. The van der Waals surface area contributed by atoms with Crippen LogP contribution in [0.2, 0.25) is 0 Å². The lowest BCUT2D eigenvalue weighted by atomic mass is 10.1. The fourth-order valence-corrected chi connectivity index (χ4v) is 5.08. The number of aromatic amines is 1. The Morgan fingerprint density at radius 1 is 1.03 bits per heavy atom. The molecule has 8 heteroatoms. The number of nitrogens with one attached hydrogen (secondary N) is 2. The van der Waals surface area contributed by atoms with Crippen LogP contribution < -0.4 is 10.9 Å². The predicted molar refractivity (Wildman–Crippen MR) is 110 cm³/mol. The van der Waals surface area contributed by atoms with Gasteiger partial charge in [-0.2, -0.15) is 4.31 Å². The molecule has 1 aliphatic rings. The van der Waals surface area contributed by atoms with Crippen molar-refractivity contribution in [1.82, 2.24) is 14.6 Å². The number of carbonyl (C=O) groups is 1. The van der Waals surface area contributed by atoms with E-state index in [1.54, 1.807) is 0 Å². The Balaban J connectivity index is 1.71. The van der Waals surface area contributed by atoms with E-state index >= 15 is 0 Å². The van der Waals surface area contributed by atoms with Gasteiger partial charge in [0.1, 0.15) is 0 Å². The number of hydrogen-bond acceptors (Lipinski definition) is 4. The molecule has 2 heterocycles. The normalized spacial score (nSPS) is 14.9. The lowest BCUT2D eigenvalue weighted by Crippen LogP contribution is -2.28. The highest BCUT2D eigenvalue weighted by Crippen LogP contribution is 2.25. The van der Waals surface area contributed by atoms with Crippen molar-refractivity contribution >= 4 is 26.8 Å². The quantitative estimate of drug-likeness (QED) is 0.673. The molecule has 4 rings (SSSR count). The second-order valence-corrected chi connectivity index (χ2v) is 8.97. The standard InChI is InChI=1S/C21H21N3O4S/c25-20-13-18(21(26)22-14-15-6-2-1-3-7-15)17-12-16(8-9-19(17)23-20)29(27,28)24-10-4-5-11-24/h1-3,6-9,12-13H,4-5,10-11,14H2,(H,22,26)(H,23,25). The van der Waals surface area contributed by atoms with Crippen molar-refractivity contribution in [2.75, 3.05) is 13.1 Å². The molecule has 2 aromatic carbocycles. The lowest BCUT2D eigenvalue weighted by Gasteiger charge is -2.16. The molecular weight excluding hydrogens is 390 g/mol. The molecule has 0 atom stereocenters. The summed E-state index contributed by atoms with van der Waals surface area (Å²) in [6.07, 6.45) is 1.68. The summed E-state index contributed by atoms with van der Waals surface area (Å²) in [5.74, 6) is -0.430. The monoisotopic (exact) mass is 411 g/mol. The smallest absolute Gasteiger partial charge is 0.252 e. The first-order valence-corrected chi connectivity index (χ1v) is 10.9. The van der Waals surface area contributed by atoms with Crippen molar-refractivity contribution in [2.45, 2.75) is 24.3 Å². The first-order valence-electron chi connectivity index (χ1n) is 9.44. The molecule has 29 heavy (non-hydrogen) atoms. The van der Waals surface area contributed by atoms with E-state index in [9.17, 15) is 18.0 Å². The van der Waals surface area contributed by atoms with Crippen molar-refractivity contribution in [3.8, 4) is 0 Å². The van der Waals surface area contributed by atoms with E-state index < -0.39 is 21.5 Å². The highest BCUT2D eigenvalue weighted by atomic mass is 32.2. The fraction of sp³-hybridized carbons (Fsp3) is 0.238. The van der Waals surface area contributed by atoms with Crippen LogP contribution in [-0.2, 0) is 16.6 Å². The summed E-state index contributed by atoms with van der Waals surface area (Å²) in [7, 11) is -3.63. The molecule has 7 nitrogen and oxygen atoms in total. The van der Waals surface area contributed by atoms with Crippen LogP contribution in [0.25, 0.3) is 10.9 Å². The molecule has 2 N–H and O–H groups in total. The van der Waals surface area contributed by atoms with Gasteiger partial charge in [0.05, 0.1) is 10.5 Å². The number of nitrogens with zero attached hydrogens (tertiary/aromatic N) is 1. The molecule has 0 radical (unpaired) electrons. The first kappa shape index (κ1) is 19.4. The van der Waals surface area contributed by atoms with Crippen LogP contribution in [0.3, 0.4) is 0 Å². The number of hydrogen-bond donors (Lipinski definition) is 2. The van der Waals surface area contributed by atoms with Crippen LogP contribution >= 0.6 is 0 Å². The maximum atomic E-state index is 12.9. The average molecular weight is 411 g/mol. The van der Waals surface area contributed by atoms with Gasteiger partial charge < -0.3 is 10.3 Å². The summed E-state index contributed by atoms with van der Waals surface area (Å²) in [5, 5.41) is 3.19. The summed E-state index contributed by atoms with van der Waals surface area (Å²) in [6, 6.07) is 15.1. The molecule has 1 aliphatic heterocycles. The van der Waals surface area contributed by atoms with Gasteiger partial charge in [0.15, 0.2) is 0 Å². The highest BCUT2D eigenvalue weighted by molar-refractivity contribution is 7.89. The van der Waals surface area contributed by atoms with Gasteiger partial charge in [-0.1, -0.05) is 30.3 Å². The van der Waals surface area contributed by atoms with Gasteiger partial charge >= 0.3 is 0 Å². The van der Waals surface area contributed by atoms with E-state index in [4.69, 9.17) is 0 Å². The molecule has 150 valence electrons. The summed E-state index contributed by atoms with van der Waals surface area (Å²) >= 11 is 0. The number of rotatable bonds is 5. The van der Waals surface area contributed by atoms with E-state index in [2.05, 4.69) is 10.3 Å². The SMILES string of the molecule is O=C(NCc1ccccc1)c1cc(=O)[nH]c2ccc(S(=O)(=O)N3CCCC3)cc12. The fourth-order valence-electron chi connectivity index (χ4n) is 3.53. The third-order valence-corrected chi connectivity index (χ3v) is 6.95. The van der Waals surface area contributed by atoms with Crippen LogP contribution in [0, 0.1) is 0 Å². The Kier molecular flexibility index (Phi) is 5.21. The van der Waals surface area contributed by atoms with E-state index in [-0.39, 0.29) is 10.5 Å². The Morgan fingerprint density at radius 3 is 2.48 bits per heavy atom. The van der Waals surface area contributed by atoms with Crippen LogP contribution in [-0.4, -0.2) is 36.7 Å². The van der Waals surface area contributed by atoms with Crippen molar-refractivity contribution in [3.05, 3.63) is 76.1 Å². The maximum Gasteiger partial charge on any atom is 0.252 e. The zero-order valence-corrected chi connectivity index (χ0v) is 16.5. The lowest BCUT2D eigenvalue weighted by molar-refractivity contribution is 0.0952. The maximum absolute atomic E-state index is 12.9. The number of benzene rings is 2.